The van der Waals surface area contributed by atoms with Crippen molar-refractivity contribution in [1.82, 2.24) is 9.80 Å². The summed E-state index contributed by atoms with van der Waals surface area (Å²) in [4.78, 5) is 27.1. The molecule has 2 heterocycles. The van der Waals surface area contributed by atoms with Gasteiger partial charge < -0.3 is 19.3 Å². The summed E-state index contributed by atoms with van der Waals surface area (Å²) in [5.41, 5.74) is 2.59. The largest absolute Gasteiger partial charge is 0.468 e. The lowest BCUT2D eigenvalue weighted by atomic mass is 9.81. The Bertz CT molecular complexity index is 1190. The molecule has 2 aliphatic rings. The molecule has 0 aliphatic carbocycles. The van der Waals surface area contributed by atoms with Crippen LogP contribution in [-0.4, -0.2) is 103 Å². The van der Waals surface area contributed by atoms with Crippen molar-refractivity contribution in [2.75, 3.05) is 77.5 Å². The van der Waals surface area contributed by atoms with Crippen LogP contribution in [0.2, 0.25) is 10.0 Å². The quantitative estimate of drug-likeness (QED) is 0.304. The van der Waals surface area contributed by atoms with Crippen molar-refractivity contribution in [2.24, 2.45) is 11.8 Å². The van der Waals surface area contributed by atoms with Gasteiger partial charge in [-0.1, -0.05) is 47.5 Å². The van der Waals surface area contributed by atoms with Gasteiger partial charge >= 0.3 is 11.9 Å². The van der Waals surface area contributed by atoms with Gasteiger partial charge in [-0.25, -0.2) is 0 Å². The van der Waals surface area contributed by atoms with Gasteiger partial charge in [-0.2, -0.15) is 0 Å². The summed E-state index contributed by atoms with van der Waals surface area (Å²) in [6.45, 7) is 4.10. The zero-order valence-electron chi connectivity index (χ0n) is 25.5. The fraction of sp³-hybridized carbons (Fsp3) is 0.562. The minimum Gasteiger partial charge on any atom is -0.468 e. The Kier molecular flexibility index (Phi) is 15.3. The van der Waals surface area contributed by atoms with Crippen LogP contribution in [0.3, 0.4) is 0 Å². The molecule has 238 valence electrons. The average Bonchev–Trinajstić information content (AvgIpc) is 2.98. The lowest BCUT2D eigenvalue weighted by Gasteiger charge is -2.37. The van der Waals surface area contributed by atoms with Crippen molar-refractivity contribution in [3.8, 4) is 0 Å². The summed E-state index contributed by atoms with van der Waals surface area (Å²) >= 11 is 13.6. The SMILES string of the molecule is COC(=O)CS(=O)C[C@H]1CN(C)CC[C@@H]1c1ccc(Cl)cc1.COC(=O)CSC[C@H]1CN(C)CC[C@@H]1c1ccc(Cl)cc1. The molecular formula is C32H44Cl2N2O5S2. The van der Waals surface area contributed by atoms with Gasteiger partial charge in [0, 0.05) is 39.7 Å². The van der Waals surface area contributed by atoms with Crippen LogP contribution in [0.1, 0.15) is 35.8 Å². The first-order chi connectivity index (χ1) is 20.6. The molecule has 43 heavy (non-hydrogen) atoms. The van der Waals surface area contributed by atoms with Crippen molar-refractivity contribution in [3.63, 3.8) is 0 Å². The topological polar surface area (TPSA) is 76.1 Å². The first kappa shape index (κ1) is 35.9. The highest BCUT2D eigenvalue weighted by molar-refractivity contribution is 7.99. The first-order valence-electron chi connectivity index (χ1n) is 14.5. The fourth-order valence-electron chi connectivity index (χ4n) is 5.90. The molecule has 5 atom stereocenters. The first-order valence-corrected chi connectivity index (χ1v) is 17.9. The minimum atomic E-state index is -1.19. The summed E-state index contributed by atoms with van der Waals surface area (Å²) in [5.74, 6) is 3.08. The molecule has 4 rings (SSSR count). The molecule has 0 bridgehead atoms. The third kappa shape index (κ3) is 12.0. The maximum atomic E-state index is 12.2. The lowest BCUT2D eigenvalue weighted by Crippen LogP contribution is -2.40. The second kappa shape index (κ2) is 18.4. The lowest BCUT2D eigenvalue weighted by molar-refractivity contribution is -0.138. The van der Waals surface area contributed by atoms with Crippen LogP contribution >= 0.6 is 35.0 Å². The number of hydrogen-bond donors (Lipinski definition) is 0. The van der Waals surface area contributed by atoms with Crippen LogP contribution in [0.5, 0.6) is 0 Å². The number of halogens is 2. The van der Waals surface area contributed by atoms with Crippen LogP contribution in [0.15, 0.2) is 48.5 Å². The van der Waals surface area contributed by atoms with Gasteiger partial charge in [0.05, 0.1) is 20.0 Å². The molecule has 0 spiro atoms. The monoisotopic (exact) mass is 670 g/mol. The highest BCUT2D eigenvalue weighted by Gasteiger charge is 2.31. The van der Waals surface area contributed by atoms with Gasteiger partial charge in [0.1, 0.15) is 5.75 Å². The number of methoxy groups -OCH3 is 2. The summed E-state index contributed by atoms with van der Waals surface area (Å²) < 4.78 is 21.5. The van der Waals surface area contributed by atoms with E-state index in [0.29, 0.717) is 29.3 Å². The minimum absolute atomic E-state index is 0.0238. The number of rotatable bonds is 10. The zero-order valence-corrected chi connectivity index (χ0v) is 28.7. The predicted molar refractivity (Wildman–Crippen MR) is 179 cm³/mol. The molecule has 2 saturated heterocycles. The smallest absolute Gasteiger partial charge is 0.318 e. The number of carbonyl (C=O) groups excluding carboxylic acids is 2. The molecule has 0 N–H and O–H groups in total. The van der Waals surface area contributed by atoms with Gasteiger partial charge in [0.2, 0.25) is 0 Å². The van der Waals surface area contributed by atoms with E-state index < -0.39 is 16.8 Å². The number of piperidine rings is 2. The number of hydrogen-bond acceptors (Lipinski definition) is 8. The Morgan fingerprint density at radius 1 is 0.814 bits per heavy atom. The van der Waals surface area contributed by atoms with Crippen molar-refractivity contribution in [2.45, 2.75) is 24.7 Å². The molecule has 11 heteroatoms. The maximum Gasteiger partial charge on any atom is 0.318 e. The standard InChI is InChI=1S/C16H22ClNO3S.C16H22ClNO2S/c1-18-8-7-15(12-3-5-14(17)6-4-12)13(9-18)10-22(20)11-16(19)21-2;1-18-8-7-15(12-3-5-14(17)6-4-12)13(9-18)10-21-11-16(19)20-2/h3-6,13,15H,7-11H2,1-2H3;3-6,13,15H,7-11H2,1-2H3/t13-,15-,22?;13-,15-/m11/s1. The number of ether oxygens (including phenoxy) is 2. The van der Waals surface area contributed by atoms with Gasteiger partial charge in [0.25, 0.3) is 0 Å². The Balaban J connectivity index is 0.000000236. The maximum absolute atomic E-state index is 12.2. The van der Waals surface area contributed by atoms with E-state index in [2.05, 4.69) is 52.9 Å². The van der Waals surface area contributed by atoms with Gasteiger partial charge in [0.15, 0.2) is 0 Å². The van der Waals surface area contributed by atoms with E-state index in [9.17, 15) is 13.8 Å². The summed E-state index contributed by atoms with van der Waals surface area (Å²) in [6, 6.07) is 16.1. The number of nitrogens with zero attached hydrogens (tertiary/aromatic N) is 2. The summed E-state index contributed by atoms with van der Waals surface area (Å²) in [6.07, 6.45) is 2.18. The average molecular weight is 672 g/mol. The van der Waals surface area contributed by atoms with Crippen molar-refractivity contribution < 1.29 is 23.3 Å². The molecule has 0 saturated carbocycles. The highest BCUT2D eigenvalue weighted by atomic mass is 35.5. The van der Waals surface area contributed by atoms with Gasteiger partial charge in [-0.15, -0.1) is 11.8 Å². The van der Waals surface area contributed by atoms with Crippen molar-refractivity contribution in [3.05, 3.63) is 69.7 Å². The van der Waals surface area contributed by atoms with Crippen molar-refractivity contribution in [1.29, 1.82) is 0 Å². The number of thioether (sulfide) groups is 1. The van der Waals surface area contributed by atoms with Crippen LogP contribution < -0.4 is 0 Å². The van der Waals surface area contributed by atoms with Crippen molar-refractivity contribution >= 4 is 57.7 Å². The van der Waals surface area contributed by atoms with Crippen LogP contribution in [0, 0.1) is 11.8 Å². The van der Waals surface area contributed by atoms with E-state index in [4.69, 9.17) is 27.9 Å². The Morgan fingerprint density at radius 3 is 1.77 bits per heavy atom. The third-order valence-corrected chi connectivity index (χ3v) is 11.1. The summed E-state index contributed by atoms with van der Waals surface area (Å²) in [7, 11) is 5.81. The molecular weight excluding hydrogens is 627 g/mol. The third-order valence-electron chi connectivity index (χ3n) is 8.16. The molecule has 7 nitrogen and oxygen atoms in total. The molecule has 1 unspecified atom stereocenters. The molecule has 2 aromatic rings. The van der Waals surface area contributed by atoms with E-state index >= 15 is 0 Å². The normalized spacial score (nSPS) is 23.5. The molecule has 0 amide bonds. The van der Waals surface area contributed by atoms with Crippen LogP contribution in [-0.2, 0) is 29.9 Å². The molecule has 2 aromatic carbocycles. The zero-order chi connectivity index (χ0) is 31.4. The van der Waals surface area contributed by atoms with E-state index in [1.54, 1.807) is 11.8 Å². The number of carbonyl (C=O) groups is 2. The Labute approximate surface area is 273 Å². The number of benzene rings is 2. The van der Waals surface area contributed by atoms with E-state index in [1.807, 2.05) is 24.3 Å². The van der Waals surface area contributed by atoms with Crippen LogP contribution in [0.25, 0.3) is 0 Å². The van der Waals surface area contributed by atoms with E-state index in [1.165, 1.54) is 25.3 Å². The second-order valence-corrected chi connectivity index (χ2v) is 14.8. The predicted octanol–water partition coefficient (Wildman–Crippen LogP) is 5.58. The van der Waals surface area contributed by atoms with E-state index in [-0.39, 0.29) is 17.6 Å². The highest BCUT2D eigenvalue weighted by Crippen LogP contribution is 2.36. The molecule has 0 radical (unpaired) electrons. The van der Waals surface area contributed by atoms with E-state index in [0.717, 1.165) is 54.8 Å². The molecule has 2 fully saturated rings. The molecule has 0 aromatic heterocycles. The number of likely N-dealkylation sites (tertiary alicyclic amines) is 2. The van der Waals surface area contributed by atoms with Gasteiger partial charge in [-0.3, -0.25) is 13.8 Å². The second-order valence-electron chi connectivity index (χ2n) is 11.4. The Hall–Kier alpha value is -1.62. The summed E-state index contributed by atoms with van der Waals surface area (Å²) in [5, 5.41) is 1.51. The fourth-order valence-corrected chi connectivity index (χ4v) is 8.51. The number of esters is 2. The van der Waals surface area contributed by atoms with Gasteiger partial charge in [-0.05, 0) is 105 Å². The van der Waals surface area contributed by atoms with Crippen LogP contribution in [0.4, 0.5) is 0 Å². The Morgan fingerprint density at radius 2 is 1.28 bits per heavy atom. The molecule has 2 aliphatic heterocycles.